The molecular formula is C13H16N8O4. The van der Waals surface area contributed by atoms with Gasteiger partial charge >= 0.3 is 0 Å². The molecule has 3 N–H and O–H groups in total. The second-order valence-electron chi connectivity index (χ2n) is 6.32. The Bertz CT molecular complexity index is 930. The highest BCUT2D eigenvalue weighted by Gasteiger charge is 2.55. The number of nitrogen functional groups attached to an aromatic ring is 1. The van der Waals surface area contributed by atoms with Crippen molar-refractivity contribution in [2.75, 3.05) is 12.3 Å². The Morgan fingerprint density at radius 2 is 2.24 bits per heavy atom. The van der Waals surface area contributed by atoms with Gasteiger partial charge in [0.15, 0.2) is 23.2 Å². The van der Waals surface area contributed by atoms with Gasteiger partial charge < -0.3 is 19.9 Å². The number of hydrogen-bond acceptors (Lipinski definition) is 8. The number of H-pyrrole nitrogens is 1. The smallest absolute Gasteiger partial charge is 0.280 e. The molecule has 12 heteroatoms. The zero-order valence-electron chi connectivity index (χ0n) is 13.5. The maximum atomic E-state index is 12.0. The molecule has 2 saturated heterocycles. The minimum absolute atomic E-state index is 0.0247. The van der Waals surface area contributed by atoms with E-state index in [1.165, 1.54) is 6.33 Å². The van der Waals surface area contributed by atoms with E-state index in [0.29, 0.717) is 0 Å². The Kier molecular flexibility index (Phi) is 3.44. The van der Waals surface area contributed by atoms with Crippen molar-refractivity contribution in [1.29, 1.82) is 0 Å². The van der Waals surface area contributed by atoms with Crippen LogP contribution < -0.4 is 11.3 Å². The van der Waals surface area contributed by atoms with Crippen molar-refractivity contribution in [3.8, 4) is 0 Å². The van der Waals surface area contributed by atoms with Crippen molar-refractivity contribution >= 4 is 17.1 Å². The van der Waals surface area contributed by atoms with Crippen molar-refractivity contribution < 1.29 is 14.2 Å². The number of aromatic nitrogens is 4. The third-order valence-corrected chi connectivity index (χ3v) is 4.17. The van der Waals surface area contributed by atoms with Crippen LogP contribution in [0.1, 0.15) is 20.1 Å². The molecule has 2 aliphatic heterocycles. The molecule has 1 unspecified atom stereocenters. The van der Waals surface area contributed by atoms with Gasteiger partial charge in [0, 0.05) is 4.91 Å². The normalized spacial score (nSPS) is 30.3. The molecule has 4 heterocycles. The molecule has 2 aliphatic rings. The minimum atomic E-state index is -0.813. The molecular weight excluding hydrogens is 332 g/mol. The zero-order chi connectivity index (χ0) is 17.8. The number of anilines is 1. The number of nitrogens with two attached hydrogens (primary N) is 1. The number of hydrogen-bond donors (Lipinski definition) is 2. The van der Waals surface area contributed by atoms with Crippen LogP contribution in [0.5, 0.6) is 0 Å². The SMILES string of the molecule is CC1(C)OC2[C@@H](O1)[C@@H](CN=[N+]=[N-])O[C@H]2n1cnc2c(=O)[nH]c(N)nc21. The first-order chi connectivity index (χ1) is 11.9. The molecule has 0 spiro atoms. The van der Waals surface area contributed by atoms with Crippen molar-refractivity contribution in [1.82, 2.24) is 19.5 Å². The molecule has 0 aliphatic carbocycles. The van der Waals surface area contributed by atoms with Crippen LogP contribution in [0.4, 0.5) is 5.95 Å². The van der Waals surface area contributed by atoms with Crippen LogP contribution in [-0.2, 0) is 14.2 Å². The summed E-state index contributed by atoms with van der Waals surface area (Å²) < 4.78 is 19.4. The van der Waals surface area contributed by atoms with E-state index in [0.717, 1.165) is 0 Å². The van der Waals surface area contributed by atoms with Gasteiger partial charge in [0.1, 0.15) is 12.2 Å². The Morgan fingerprint density at radius 3 is 3.00 bits per heavy atom. The lowest BCUT2D eigenvalue weighted by atomic mass is 10.1. The van der Waals surface area contributed by atoms with Crippen LogP contribution >= 0.6 is 0 Å². The average molecular weight is 348 g/mol. The number of aromatic amines is 1. The summed E-state index contributed by atoms with van der Waals surface area (Å²) in [5.41, 5.74) is 14.2. The number of azide groups is 1. The Labute approximate surface area is 140 Å². The number of ether oxygens (including phenoxy) is 3. The predicted octanol–water partition coefficient (Wildman–Crippen LogP) is 0.430. The molecule has 0 radical (unpaired) electrons. The molecule has 25 heavy (non-hydrogen) atoms. The first-order valence-corrected chi connectivity index (χ1v) is 7.64. The average Bonchev–Trinajstić information content (AvgIpc) is 3.16. The van der Waals surface area contributed by atoms with Gasteiger partial charge in [-0.15, -0.1) is 0 Å². The van der Waals surface area contributed by atoms with Gasteiger partial charge in [0.2, 0.25) is 5.95 Å². The van der Waals surface area contributed by atoms with E-state index in [4.69, 9.17) is 25.5 Å². The highest BCUT2D eigenvalue weighted by atomic mass is 16.8. The van der Waals surface area contributed by atoms with E-state index in [1.807, 2.05) is 0 Å². The molecule has 2 fully saturated rings. The third-order valence-electron chi connectivity index (χ3n) is 4.17. The minimum Gasteiger partial charge on any atom is -0.369 e. The van der Waals surface area contributed by atoms with Gasteiger partial charge in [0.25, 0.3) is 5.56 Å². The number of rotatable bonds is 3. The molecule has 2 aromatic rings. The van der Waals surface area contributed by atoms with Gasteiger partial charge in [0.05, 0.1) is 19.0 Å². The van der Waals surface area contributed by atoms with Crippen LogP contribution in [0.2, 0.25) is 0 Å². The molecule has 4 atom stereocenters. The van der Waals surface area contributed by atoms with E-state index in [1.54, 1.807) is 18.4 Å². The maximum Gasteiger partial charge on any atom is 0.280 e. The molecule has 0 saturated carbocycles. The molecule has 12 nitrogen and oxygen atoms in total. The van der Waals surface area contributed by atoms with E-state index >= 15 is 0 Å². The van der Waals surface area contributed by atoms with Crippen LogP contribution in [-0.4, -0.2) is 50.2 Å². The van der Waals surface area contributed by atoms with Crippen LogP contribution in [0.25, 0.3) is 21.6 Å². The maximum absolute atomic E-state index is 12.0. The summed E-state index contributed by atoms with van der Waals surface area (Å²) in [4.78, 5) is 25.4. The molecule has 0 bridgehead atoms. The van der Waals surface area contributed by atoms with E-state index in [-0.39, 0.29) is 23.7 Å². The predicted molar refractivity (Wildman–Crippen MR) is 84.3 cm³/mol. The van der Waals surface area contributed by atoms with Crippen LogP contribution in [0.3, 0.4) is 0 Å². The fourth-order valence-electron chi connectivity index (χ4n) is 3.28. The monoisotopic (exact) mass is 348 g/mol. The largest absolute Gasteiger partial charge is 0.369 e. The standard InChI is InChI=1S/C13H16N8O4/c1-13(2)24-7-5(3-17-20-15)23-11(8(7)25-13)21-4-16-6-9(21)18-12(14)19-10(6)22/h4-5,7-8,11H,3H2,1-2H3,(H3,14,18,19,22)/t5-,7+,8?,11-/m1/s1. The fraction of sp³-hybridized carbons (Fsp3) is 0.615. The van der Waals surface area contributed by atoms with Gasteiger partial charge in [-0.3, -0.25) is 14.3 Å². The number of nitrogens with one attached hydrogen (secondary N) is 1. The summed E-state index contributed by atoms with van der Waals surface area (Å²) in [5.74, 6) is -0.838. The van der Waals surface area contributed by atoms with E-state index in [2.05, 4.69) is 25.0 Å². The Balaban J connectivity index is 1.77. The Hall–Kier alpha value is -2.66. The second-order valence-corrected chi connectivity index (χ2v) is 6.32. The highest BCUT2D eigenvalue weighted by Crippen LogP contribution is 2.43. The molecule has 4 rings (SSSR count). The van der Waals surface area contributed by atoms with E-state index in [9.17, 15) is 4.79 Å². The van der Waals surface area contributed by atoms with Gasteiger partial charge in [-0.2, -0.15) is 4.98 Å². The van der Waals surface area contributed by atoms with Crippen molar-refractivity contribution in [3.05, 3.63) is 27.1 Å². The topological polar surface area (TPSA) is 166 Å². The quantitative estimate of drug-likeness (QED) is 0.460. The fourth-order valence-corrected chi connectivity index (χ4v) is 3.28. The number of nitrogens with zero attached hydrogens (tertiary/aromatic N) is 6. The van der Waals surface area contributed by atoms with E-state index < -0.39 is 35.9 Å². The molecule has 2 aromatic heterocycles. The zero-order valence-corrected chi connectivity index (χ0v) is 13.5. The summed E-state index contributed by atoms with van der Waals surface area (Å²) in [5, 5.41) is 3.57. The first kappa shape index (κ1) is 15.8. The summed E-state index contributed by atoms with van der Waals surface area (Å²) >= 11 is 0. The summed E-state index contributed by atoms with van der Waals surface area (Å²) in [7, 11) is 0. The third kappa shape index (κ3) is 2.51. The lowest BCUT2D eigenvalue weighted by Gasteiger charge is -2.24. The lowest BCUT2D eigenvalue weighted by molar-refractivity contribution is -0.195. The number of imidazole rings is 1. The first-order valence-electron chi connectivity index (χ1n) is 7.64. The van der Waals surface area contributed by atoms with Crippen molar-refractivity contribution in [2.24, 2.45) is 5.11 Å². The second kappa shape index (κ2) is 5.43. The van der Waals surface area contributed by atoms with Crippen molar-refractivity contribution in [3.63, 3.8) is 0 Å². The van der Waals surface area contributed by atoms with Crippen LogP contribution in [0, 0.1) is 0 Å². The lowest BCUT2D eigenvalue weighted by Crippen LogP contribution is -2.31. The van der Waals surface area contributed by atoms with Gasteiger partial charge in [-0.05, 0) is 19.4 Å². The summed E-state index contributed by atoms with van der Waals surface area (Å²) in [6.07, 6.45) is -0.608. The van der Waals surface area contributed by atoms with Crippen molar-refractivity contribution in [2.45, 2.75) is 44.2 Å². The summed E-state index contributed by atoms with van der Waals surface area (Å²) in [6.45, 7) is 3.68. The summed E-state index contributed by atoms with van der Waals surface area (Å²) in [6, 6.07) is 0. The van der Waals surface area contributed by atoms with Gasteiger partial charge in [-0.1, -0.05) is 5.11 Å². The van der Waals surface area contributed by atoms with Crippen LogP contribution in [0.15, 0.2) is 16.2 Å². The molecule has 0 amide bonds. The molecule has 132 valence electrons. The Morgan fingerprint density at radius 1 is 1.48 bits per heavy atom. The highest BCUT2D eigenvalue weighted by molar-refractivity contribution is 5.70. The number of fused-ring (bicyclic) bond motifs is 2. The molecule has 0 aromatic carbocycles. The van der Waals surface area contributed by atoms with Gasteiger partial charge in [-0.25, -0.2) is 4.98 Å².